The van der Waals surface area contributed by atoms with Crippen LogP contribution in [0.25, 0.3) is 0 Å². The summed E-state index contributed by atoms with van der Waals surface area (Å²) < 4.78 is 5.13. The first kappa shape index (κ1) is 14.9. The summed E-state index contributed by atoms with van der Waals surface area (Å²) >= 11 is 0. The largest absolute Gasteiger partial charge is 0.497 e. The monoisotopic (exact) mass is 276 g/mol. The van der Waals surface area contributed by atoms with Crippen LogP contribution in [-0.2, 0) is 11.3 Å². The van der Waals surface area contributed by atoms with Crippen LogP contribution in [-0.4, -0.2) is 31.5 Å². The highest BCUT2D eigenvalue weighted by Crippen LogP contribution is 2.43. The summed E-state index contributed by atoms with van der Waals surface area (Å²) in [6.45, 7) is 1.25. The Balaban J connectivity index is 1.89. The minimum absolute atomic E-state index is 0.0747. The fourth-order valence-electron chi connectivity index (χ4n) is 2.68. The van der Waals surface area contributed by atoms with Crippen LogP contribution >= 0.6 is 0 Å². The van der Waals surface area contributed by atoms with Crippen molar-refractivity contribution < 1.29 is 9.53 Å². The summed E-state index contributed by atoms with van der Waals surface area (Å²) in [7, 11) is 3.50. The quantitative estimate of drug-likeness (QED) is 0.866. The van der Waals surface area contributed by atoms with Gasteiger partial charge in [-0.1, -0.05) is 18.6 Å². The molecule has 0 unspecified atom stereocenters. The first-order chi connectivity index (χ1) is 9.58. The van der Waals surface area contributed by atoms with E-state index in [-0.39, 0.29) is 11.3 Å². The van der Waals surface area contributed by atoms with E-state index in [1.165, 1.54) is 6.42 Å². The summed E-state index contributed by atoms with van der Waals surface area (Å²) in [6.07, 6.45) is 3.96. The lowest BCUT2D eigenvalue weighted by atomic mass is 9.66. The second kappa shape index (κ2) is 6.27. The highest BCUT2D eigenvalue weighted by atomic mass is 16.5. The fraction of sp³-hybridized carbons (Fsp3) is 0.562. The van der Waals surface area contributed by atoms with Gasteiger partial charge in [0.25, 0.3) is 0 Å². The number of rotatable bonds is 6. The lowest BCUT2D eigenvalue weighted by molar-refractivity contribution is -0.134. The van der Waals surface area contributed by atoms with Crippen LogP contribution in [0.3, 0.4) is 0 Å². The predicted octanol–water partition coefficient (Wildman–Crippen LogP) is 2.17. The molecule has 0 saturated heterocycles. The van der Waals surface area contributed by atoms with Crippen LogP contribution in [0.2, 0.25) is 0 Å². The molecule has 20 heavy (non-hydrogen) atoms. The standard InChI is InChI=1S/C16H24N2O2/c1-18(11-13-4-6-14(20-2)7-5-13)15(19)10-16(12-17)8-3-9-16/h4-7H,3,8-12,17H2,1-2H3. The molecule has 1 aliphatic carbocycles. The fourth-order valence-corrected chi connectivity index (χ4v) is 2.68. The Morgan fingerprint density at radius 3 is 2.45 bits per heavy atom. The zero-order chi connectivity index (χ0) is 14.6. The molecule has 4 nitrogen and oxygen atoms in total. The molecule has 4 heteroatoms. The topological polar surface area (TPSA) is 55.6 Å². The third-order valence-corrected chi connectivity index (χ3v) is 4.38. The number of nitrogens with two attached hydrogens (primary N) is 1. The minimum atomic E-state index is 0.0747. The van der Waals surface area contributed by atoms with E-state index in [2.05, 4.69) is 0 Å². The van der Waals surface area contributed by atoms with E-state index in [4.69, 9.17) is 10.5 Å². The summed E-state index contributed by atoms with van der Waals surface area (Å²) in [5, 5.41) is 0. The van der Waals surface area contributed by atoms with E-state index in [1.807, 2.05) is 31.3 Å². The van der Waals surface area contributed by atoms with Crippen LogP contribution in [0.4, 0.5) is 0 Å². The Kier molecular flexibility index (Phi) is 4.65. The number of amides is 1. The number of benzene rings is 1. The van der Waals surface area contributed by atoms with Gasteiger partial charge in [-0.3, -0.25) is 4.79 Å². The molecule has 1 saturated carbocycles. The van der Waals surface area contributed by atoms with Crippen molar-refractivity contribution in [3.8, 4) is 5.75 Å². The predicted molar refractivity (Wildman–Crippen MR) is 79.4 cm³/mol. The molecule has 110 valence electrons. The Morgan fingerprint density at radius 2 is 2.00 bits per heavy atom. The van der Waals surface area contributed by atoms with E-state index in [0.29, 0.717) is 19.5 Å². The molecule has 1 aliphatic rings. The van der Waals surface area contributed by atoms with Gasteiger partial charge in [-0.25, -0.2) is 0 Å². The number of carbonyl (C=O) groups excluding carboxylic acids is 1. The number of carbonyl (C=O) groups is 1. The maximum absolute atomic E-state index is 12.3. The van der Waals surface area contributed by atoms with Crippen LogP contribution in [0.1, 0.15) is 31.2 Å². The molecule has 2 N–H and O–H groups in total. The molecule has 1 aromatic rings. The van der Waals surface area contributed by atoms with E-state index < -0.39 is 0 Å². The maximum atomic E-state index is 12.3. The van der Waals surface area contributed by atoms with Crippen LogP contribution in [0.5, 0.6) is 5.75 Å². The molecule has 1 aromatic carbocycles. The second-order valence-corrected chi connectivity index (χ2v) is 5.83. The molecular formula is C16H24N2O2. The number of ether oxygens (including phenoxy) is 1. The number of hydrogen-bond donors (Lipinski definition) is 1. The van der Waals surface area contributed by atoms with Gasteiger partial charge in [0.1, 0.15) is 5.75 Å². The van der Waals surface area contributed by atoms with Gasteiger partial charge in [-0.15, -0.1) is 0 Å². The van der Waals surface area contributed by atoms with Crippen molar-refractivity contribution in [1.29, 1.82) is 0 Å². The first-order valence-electron chi connectivity index (χ1n) is 7.15. The van der Waals surface area contributed by atoms with E-state index in [1.54, 1.807) is 12.0 Å². The number of hydrogen-bond acceptors (Lipinski definition) is 3. The number of methoxy groups -OCH3 is 1. The van der Waals surface area contributed by atoms with Crippen molar-refractivity contribution in [2.75, 3.05) is 20.7 Å². The lowest BCUT2D eigenvalue weighted by Gasteiger charge is -2.41. The van der Waals surface area contributed by atoms with Gasteiger partial charge in [0, 0.05) is 20.0 Å². The molecule has 0 spiro atoms. The Labute approximate surface area is 120 Å². The molecule has 0 radical (unpaired) electrons. The normalized spacial score (nSPS) is 16.4. The zero-order valence-electron chi connectivity index (χ0n) is 12.4. The van der Waals surface area contributed by atoms with E-state index >= 15 is 0 Å². The highest BCUT2D eigenvalue weighted by Gasteiger charge is 2.38. The molecule has 0 bridgehead atoms. The molecule has 0 heterocycles. The van der Waals surface area contributed by atoms with Crippen LogP contribution in [0.15, 0.2) is 24.3 Å². The van der Waals surface area contributed by atoms with Gasteiger partial charge >= 0.3 is 0 Å². The summed E-state index contributed by atoms with van der Waals surface area (Å²) in [5.41, 5.74) is 7.00. The summed E-state index contributed by atoms with van der Waals surface area (Å²) in [4.78, 5) is 14.1. The second-order valence-electron chi connectivity index (χ2n) is 5.83. The van der Waals surface area contributed by atoms with Crippen molar-refractivity contribution in [3.63, 3.8) is 0 Å². The van der Waals surface area contributed by atoms with Crippen molar-refractivity contribution in [3.05, 3.63) is 29.8 Å². The Hall–Kier alpha value is -1.55. The average molecular weight is 276 g/mol. The Morgan fingerprint density at radius 1 is 1.35 bits per heavy atom. The van der Waals surface area contributed by atoms with E-state index in [0.717, 1.165) is 24.2 Å². The Bertz CT molecular complexity index is 447. The summed E-state index contributed by atoms with van der Waals surface area (Å²) in [6, 6.07) is 7.82. The molecule has 0 aliphatic heterocycles. The van der Waals surface area contributed by atoms with Gasteiger partial charge in [0.05, 0.1) is 7.11 Å². The minimum Gasteiger partial charge on any atom is -0.497 e. The molecule has 1 amide bonds. The molecule has 0 aromatic heterocycles. The van der Waals surface area contributed by atoms with Crippen LogP contribution < -0.4 is 10.5 Å². The summed E-state index contributed by atoms with van der Waals surface area (Å²) in [5.74, 6) is 1.02. The molecule has 0 atom stereocenters. The third-order valence-electron chi connectivity index (χ3n) is 4.38. The van der Waals surface area contributed by atoms with Gasteiger partial charge < -0.3 is 15.4 Å². The van der Waals surface area contributed by atoms with Gasteiger partial charge in [-0.2, -0.15) is 0 Å². The van der Waals surface area contributed by atoms with E-state index in [9.17, 15) is 4.79 Å². The SMILES string of the molecule is COc1ccc(CN(C)C(=O)CC2(CN)CCC2)cc1. The van der Waals surface area contributed by atoms with Crippen LogP contribution in [0, 0.1) is 5.41 Å². The number of nitrogens with zero attached hydrogens (tertiary/aromatic N) is 1. The zero-order valence-corrected chi connectivity index (χ0v) is 12.4. The third kappa shape index (κ3) is 3.31. The van der Waals surface area contributed by atoms with Crippen molar-refractivity contribution in [2.24, 2.45) is 11.1 Å². The van der Waals surface area contributed by atoms with Crippen molar-refractivity contribution in [1.82, 2.24) is 4.90 Å². The van der Waals surface area contributed by atoms with Crippen molar-refractivity contribution >= 4 is 5.91 Å². The molecule has 1 fully saturated rings. The average Bonchev–Trinajstić information content (AvgIpc) is 2.43. The molecular weight excluding hydrogens is 252 g/mol. The first-order valence-corrected chi connectivity index (χ1v) is 7.15. The van der Waals surface area contributed by atoms with Gasteiger partial charge in [0.2, 0.25) is 5.91 Å². The molecule has 2 rings (SSSR count). The van der Waals surface area contributed by atoms with Crippen molar-refractivity contribution in [2.45, 2.75) is 32.2 Å². The lowest BCUT2D eigenvalue weighted by Crippen LogP contribution is -2.42. The van der Waals surface area contributed by atoms with Gasteiger partial charge in [-0.05, 0) is 42.5 Å². The smallest absolute Gasteiger partial charge is 0.223 e. The van der Waals surface area contributed by atoms with Gasteiger partial charge in [0.15, 0.2) is 0 Å². The highest BCUT2D eigenvalue weighted by molar-refractivity contribution is 5.76. The maximum Gasteiger partial charge on any atom is 0.223 e.